The van der Waals surface area contributed by atoms with Crippen molar-refractivity contribution in [1.82, 2.24) is 20.0 Å². The topological polar surface area (TPSA) is 79.5 Å². The van der Waals surface area contributed by atoms with Gasteiger partial charge in [-0.2, -0.15) is 0 Å². The number of carbonyl (C=O) groups is 2. The zero-order valence-electron chi connectivity index (χ0n) is 13.5. The molecule has 0 aromatic carbocycles. The second kappa shape index (κ2) is 7.38. The van der Waals surface area contributed by atoms with Gasteiger partial charge >= 0.3 is 0 Å². The van der Waals surface area contributed by atoms with Crippen LogP contribution in [0.1, 0.15) is 38.5 Å². The van der Waals surface area contributed by atoms with E-state index in [2.05, 4.69) is 10.2 Å². The van der Waals surface area contributed by atoms with E-state index < -0.39 is 0 Å². The van der Waals surface area contributed by atoms with Gasteiger partial charge in [-0.25, -0.2) is 0 Å². The third kappa shape index (κ3) is 4.54. The Morgan fingerprint density at radius 3 is 2.18 bits per heavy atom. The molecule has 0 unspecified atom stereocenters. The van der Waals surface area contributed by atoms with E-state index in [0.717, 1.165) is 0 Å². The quantitative estimate of drug-likeness (QED) is 0.811. The van der Waals surface area contributed by atoms with Crippen molar-refractivity contribution < 1.29 is 14.0 Å². The number of piperazine rings is 1. The summed E-state index contributed by atoms with van der Waals surface area (Å²) >= 11 is 0. The van der Waals surface area contributed by atoms with Crippen LogP contribution in [0.3, 0.4) is 0 Å². The highest BCUT2D eigenvalue weighted by Gasteiger charge is 2.24. The summed E-state index contributed by atoms with van der Waals surface area (Å²) < 4.78 is 5.26. The molecule has 2 amide bonds. The summed E-state index contributed by atoms with van der Waals surface area (Å²) in [5.41, 5.74) is 0. The minimum absolute atomic E-state index is 0.0758. The van der Waals surface area contributed by atoms with Crippen molar-refractivity contribution in [2.45, 2.75) is 40.0 Å². The molecule has 1 aliphatic heterocycles. The van der Waals surface area contributed by atoms with Crippen LogP contribution in [0.25, 0.3) is 0 Å². The van der Waals surface area contributed by atoms with Crippen LogP contribution in [-0.4, -0.2) is 58.0 Å². The predicted molar refractivity (Wildman–Crippen MR) is 80.0 cm³/mol. The average molecular weight is 308 g/mol. The molecule has 22 heavy (non-hydrogen) atoms. The van der Waals surface area contributed by atoms with Gasteiger partial charge in [0.2, 0.25) is 23.6 Å². The second-order valence-corrected chi connectivity index (χ2v) is 6.07. The highest BCUT2D eigenvalue weighted by Crippen LogP contribution is 2.10. The van der Waals surface area contributed by atoms with Crippen molar-refractivity contribution in [1.29, 1.82) is 0 Å². The molecule has 1 aliphatic rings. The van der Waals surface area contributed by atoms with E-state index in [1.807, 2.05) is 23.6 Å². The van der Waals surface area contributed by atoms with Crippen LogP contribution in [0.5, 0.6) is 0 Å². The maximum Gasteiger partial charge on any atom is 0.223 e. The monoisotopic (exact) mass is 308 g/mol. The number of carbonyl (C=O) groups excluding carboxylic acids is 2. The first-order valence-corrected chi connectivity index (χ1v) is 7.80. The number of aryl methyl sites for hydroxylation is 2. The van der Waals surface area contributed by atoms with Crippen LogP contribution >= 0.6 is 0 Å². The van der Waals surface area contributed by atoms with Gasteiger partial charge in [0.05, 0.1) is 0 Å². The molecule has 1 fully saturated rings. The zero-order chi connectivity index (χ0) is 16.1. The van der Waals surface area contributed by atoms with Gasteiger partial charge in [-0.3, -0.25) is 9.59 Å². The molecule has 0 saturated carbocycles. The van der Waals surface area contributed by atoms with E-state index in [1.165, 1.54) is 0 Å². The van der Waals surface area contributed by atoms with Crippen LogP contribution in [-0.2, 0) is 16.0 Å². The largest absolute Gasteiger partial charge is 0.426 e. The lowest BCUT2D eigenvalue weighted by molar-refractivity contribution is -0.140. The molecule has 7 nitrogen and oxygen atoms in total. The van der Waals surface area contributed by atoms with Crippen molar-refractivity contribution in [3.8, 4) is 0 Å². The normalized spacial score (nSPS) is 15.5. The molecular formula is C15H24N4O3. The van der Waals surface area contributed by atoms with Gasteiger partial charge in [0.1, 0.15) is 0 Å². The standard InChI is InChI=1S/C15H24N4O3/c1-11(2)10-15(21)19-8-6-18(7-9-19)14(20)5-4-13-17-16-12(3)22-13/h11H,4-10H2,1-3H3. The van der Waals surface area contributed by atoms with Gasteiger partial charge in [-0.15, -0.1) is 10.2 Å². The SMILES string of the molecule is Cc1nnc(CCC(=O)N2CCN(C(=O)CC(C)C)CC2)o1. The molecule has 1 aromatic rings. The van der Waals surface area contributed by atoms with Crippen LogP contribution < -0.4 is 0 Å². The van der Waals surface area contributed by atoms with E-state index in [9.17, 15) is 9.59 Å². The first kappa shape index (κ1) is 16.5. The van der Waals surface area contributed by atoms with Crippen LogP contribution in [0.4, 0.5) is 0 Å². The Kier molecular flexibility index (Phi) is 5.51. The Morgan fingerprint density at radius 2 is 1.68 bits per heavy atom. The predicted octanol–water partition coefficient (Wildman–Crippen LogP) is 1.03. The summed E-state index contributed by atoms with van der Waals surface area (Å²) in [5.74, 6) is 1.64. The van der Waals surface area contributed by atoms with E-state index in [0.29, 0.717) is 63.1 Å². The Bertz CT molecular complexity index is 519. The van der Waals surface area contributed by atoms with E-state index in [4.69, 9.17) is 4.42 Å². The molecule has 0 radical (unpaired) electrons. The number of rotatable bonds is 5. The molecule has 0 spiro atoms. The van der Waals surface area contributed by atoms with Crippen molar-refractivity contribution in [3.05, 3.63) is 11.8 Å². The minimum Gasteiger partial charge on any atom is -0.426 e. The highest BCUT2D eigenvalue weighted by atomic mass is 16.4. The first-order valence-electron chi connectivity index (χ1n) is 7.80. The molecule has 122 valence electrons. The second-order valence-electron chi connectivity index (χ2n) is 6.07. The number of nitrogens with zero attached hydrogens (tertiary/aromatic N) is 4. The molecule has 2 heterocycles. The van der Waals surface area contributed by atoms with Crippen molar-refractivity contribution >= 4 is 11.8 Å². The van der Waals surface area contributed by atoms with Crippen LogP contribution in [0, 0.1) is 12.8 Å². The van der Waals surface area contributed by atoms with Gasteiger partial charge in [0, 0.05) is 52.4 Å². The maximum atomic E-state index is 12.2. The summed E-state index contributed by atoms with van der Waals surface area (Å²) in [5, 5.41) is 7.63. The molecule has 1 aromatic heterocycles. The first-order chi connectivity index (χ1) is 10.5. The fraction of sp³-hybridized carbons (Fsp3) is 0.733. The summed E-state index contributed by atoms with van der Waals surface area (Å²) in [7, 11) is 0. The molecule has 0 atom stereocenters. The smallest absolute Gasteiger partial charge is 0.223 e. The Hall–Kier alpha value is -1.92. The highest BCUT2D eigenvalue weighted by molar-refractivity contribution is 5.78. The Balaban J connectivity index is 1.74. The molecule has 0 aliphatic carbocycles. The van der Waals surface area contributed by atoms with Gasteiger partial charge in [0.15, 0.2) is 0 Å². The van der Waals surface area contributed by atoms with Crippen molar-refractivity contribution in [2.24, 2.45) is 5.92 Å². The van der Waals surface area contributed by atoms with E-state index in [-0.39, 0.29) is 11.8 Å². The van der Waals surface area contributed by atoms with Gasteiger partial charge < -0.3 is 14.2 Å². The van der Waals surface area contributed by atoms with Gasteiger partial charge in [-0.1, -0.05) is 13.8 Å². The minimum atomic E-state index is 0.0758. The molecular weight excluding hydrogens is 284 g/mol. The number of amides is 2. The summed E-state index contributed by atoms with van der Waals surface area (Å²) in [6.45, 7) is 8.25. The molecule has 2 rings (SSSR count). The van der Waals surface area contributed by atoms with E-state index in [1.54, 1.807) is 6.92 Å². The van der Waals surface area contributed by atoms with Crippen molar-refractivity contribution in [2.75, 3.05) is 26.2 Å². The third-order valence-corrected chi connectivity index (χ3v) is 3.69. The lowest BCUT2D eigenvalue weighted by Gasteiger charge is -2.35. The molecule has 7 heteroatoms. The molecule has 1 saturated heterocycles. The fourth-order valence-corrected chi connectivity index (χ4v) is 2.49. The summed E-state index contributed by atoms with van der Waals surface area (Å²) in [6, 6.07) is 0. The maximum absolute atomic E-state index is 12.2. The zero-order valence-corrected chi connectivity index (χ0v) is 13.5. The van der Waals surface area contributed by atoms with Gasteiger partial charge in [-0.05, 0) is 5.92 Å². The summed E-state index contributed by atoms with van der Waals surface area (Å²) in [6.07, 6.45) is 1.40. The third-order valence-electron chi connectivity index (χ3n) is 3.69. The van der Waals surface area contributed by atoms with Crippen LogP contribution in [0.15, 0.2) is 4.42 Å². The van der Waals surface area contributed by atoms with E-state index >= 15 is 0 Å². The average Bonchev–Trinajstić information content (AvgIpc) is 2.90. The number of aromatic nitrogens is 2. The van der Waals surface area contributed by atoms with Gasteiger partial charge in [0.25, 0.3) is 0 Å². The lowest BCUT2D eigenvalue weighted by Crippen LogP contribution is -2.50. The Labute approximate surface area is 130 Å². The summed E-state index contributed by atoms with van der Waals surface area (Å²) in [4.78, 5) is 27.8. The molecule has 0 N–H and O–H groups in total. The lowest BCUT2D eigenvalue weighted by atomic mass is 10.1. The number of hydrogen-bond donors (Lipinski definition) is 0. The Morgan fingerprint density at radius 1 is 1.09 bits per heavy atom. The van der Waals surface area contributed by atoms with Crippen LogP contribution in [0.2, 0.25) is 0 Å². The molecule has 0 bridgehead atoms. The fourth-order valence-electron chi connectivity index (χ4n) is 2.49. The number of hydrogen-bond acceptors (Lipinski definition) is 5. The van der Waals surface area contributed by atoms with Crippen molar-refractivity contribution in [3.63, 3.8) is 0 Å².